The lowest BCUT2D eigenvalue weighted by Crippen LogP contribution is -2.41. The first-order valence-electron chi connectivity index (χ1n) is 8.17. The van der Waals surface area contributed by atoms with Crippen molar-refractivity contribution in [2.24, 2.45) is 11.8 Å². The van der Waals surface area contributed by atoms with Crippen LogP contribution in [-0.4, -0.2) is 41.8 Å². The number of amides is 1. The predicted molar refractivity (Wildman–Crippen MR) is 90.5 cm³/mol. The van der Waals surface area contributed by atoms with Gasteiger partial charge in [-0.2, -0.15) is 0 Å². The average Bonchev–Trinajstić information content (AvgIpc) is 2.85. The fourth-order valence-electron chi connectivity index (χ4n) is 2.76. The Hall–Kier alpha value is -1.43. The number of sulfone groups is 1. The van der Waals surface area contributed by atoms with Gasteiger partial charge in [0.15, 0.2) is 9.84 Å². The molecule has 0 radical (unpaired) electrons. The molecule has 2 atom stereocenters. The third-order valence-corrected chi connectivity index (χ3v) is 6.43. The summed E-state index contributed by atoms with van der Waals surface area (Å²) in [6.07, 6.45) is 4.41. The van der Waals surface area contributed by atoms with Gasteiger partial charge >= 0.3 is 0 Å². The minimum atomic E-state index is -3.02. The summed E-state index contributed by atoms with van der Waals surface area (Å²) < 4.78 is 23.6. The van der Waals surface area contributed by atoms with Gasteiger partial charge in [0.05, 0.1) is 11.5 Å². The summed E-state index contributed by atoms with van der Waals surface area (Å²) in [5, 5.41) is 0. The Morgan fingerprint density at radius 3 is 2.65 bits per heavy atom. The van der Waals surface area contributed by atoms with Gasteiger partial charge in [0, 0.05) is 31.4 Å². The van der Waals surface area contributed by atoms with Gasteiger partial charge in [-0.3, -0.25) is 9.78 Å². The highest BCUT2D eigenvalue weighted by Gasteiger charge is 2.35. The normalized spacial score (nSPS) is 21.3. The predicted octanol–water partition coefficient (Wildman–Crippen LogP) is 2.28. The molecule has 1 fully saturated rings. The van der Waals surface area contributed by atoms with Crippen LogP contribution < -0.4 is 0 Å². The quantitative estimate of drug-likeness (QED) is 0.798. The van der Waals surface area contributed by atoms with E-state index >= 15 is 0 Å². The van der Waals surface area contributed by atoms with Crippen molar-refractivity contribution in [2.75, 3.05) is 11.5 Å². The number of hydrogen-bond donors (Lipinski definition) is 0. The van der Waals surface area contributed by atoms with Crippen LogP contribution in [0.15, 0.2) is 24.5 Å². The number of carbonyl (C=O) groups is 1. The Morgan fingerprint density at radius 1 is 1.39 bits per heavy atom. The smallest absolute Gasteiger partial charge is 0.223 e. The Kier molecular flexibility index (Phi) is 5.79. The van der Waals surface area contributed by atoms with Crippen LogP contribution in [0.5, 0.6) is 0 Å². The molecule has 0 bridgehead atoms. The van der Waals surface area contributed by atoms with E-state index in [-0.39, 0.29) is 29.4 Å². The standard InChI is InChI=1S/C17H26N2O3S/c1-13(2)14(3)9-17(20)19(11-15-5-4-7-18-10-15)16-6-8-23(21,22)12-16/h4-5,7,10,13-14,16H,6,8-9,11-12H2,1-3H3/t14-,16-/m0/s1. The number of rotatable bonds is 6. The molecule has 6 heteroatoms. The van der Waals surface area contributed by atoms with Crippen molar-refractivity contribution >= 4 is 15.7 Å². The number of carbonyl (C=O) groups excluding carboxylic acids is 1. The maximum absolute atomic E-state index is 12.8. The molecule has 5 nitrogen and oxygen atoms in total. The second-order valence-electron chi connectivity index (χ2n) is 6.87. The first-order valence-corrected chi connectivity index (χ1v) is 9.99. The maximum atomic E-state index is 12.8. The van der Waals surface area contributed by atoms with E-state index < -0.39 is 9.84 Å². The summed E-state index contributed by atoms with van der Waals surface area (Å²) in [6.45, 7) is 6.70. The van der Waals surface area contributed by atoms with Crippen molar-refractivity contribution in [1.82, 2.24) is 9.88 Å². The largest absolute Gasteiger partial charge is 0.334 e. The van der Waals surface area contributed by atoms with Crippen LogP contribution in [0.25, 0.3) is 0 Å². The van der Waals surface area contributed by atoms with Crippen LogP contribution in [0, 0.1) is 11.8 Å². The molecule has 0 aliphatic carbocycles. The van der Waals surface area contributed by atoms with Gasteiger partial charge in [-0.05, 0) is 29.9 Å². The molecule has 1 aromatic rings. The highest BCUT2D eigenvalue weighted by Crippen LogP contribution is 2.23. The lowest BCUT2D eigenvalue weighted by Gasteiger charge is -2.30. The summed E-state index contributed by atoms with van der Waals surface area (Å²) in [4.78, 5) is 18.6. The second kappa shape index (κ2) is 7.43. The molecular weight excluding hydrogens is 312 g/mol. The van der Waals surface area contributed by atoms with Crippen LogP contribution >= 0.6 is 0 Å². The van der Waals surface area contributed by atoms with Crippen LogP contribution in [0.1, 0.15) is 39.2 Å². The van der Waals surface area contributed by atoms with Gasteiger partial charge in [-0.25, -0.2) is 8.42 Å². The third kappa shape index (κ3) is 5.03. The highest BCUT2D eigenvalue weighted by atomic mass is 32.2. The van der Waals surface area contributed by atoms with Gasteiger partial charge in [0.25, 0.3) is 0 Å². The minimum absolute atomic E-state index is 0.0390. The van der Waals surface area contributed by atoms with E-state index in [4.69, 9.17) is 0 Å². The van der Waals surface area contributed by atoms with Gasteiger partial charge in [-0.1, -0.05) is 26.8 Å². The molecule has 0 saturated carbocycles. The van der Waals surface area contributed by atoms with Crippen LogP contribution in [0.4, 0.5) is 0 Å². The third-order valence-electron chi connectivity index (χ3n) is 4.68. The monoisotopic (exact) mass is 338 g/mol. The highest BCUT2D eigenvalue weighted by molar-refractivity contribution is 7.91. The van der Waals surface area contributed by atoms with Crippen molar-refractivity contribution in [2.45, 2.75) is 46.2 Å². The molecule has 1 saturated heterocycles. The van der Waals surface area contributed by atoms with Crippen LogP contribution in [-0.2, 0) is 21.2 Å². The molecule has 1 aliphatic heterocycles. The lowest BCUT2D eigenvalue weighted by molar-refractivity contribution is -0.135. The summed E-state index contributed by atoms with van der Waals surface area (Å²) in [6, 6.07) is 3.54. The Labute approximate surface area is 139 Å². The summed E-state index contributed by atoms with van der Waals surface area (Å²) in [5.41, 5.74) is 0.933. The molecule has 0 N–H and O–H groups in total. The molecule has 128 valence electrons. The van der Waals surface area contributed by atoms with Gasteiger partial charge in [0.1, 0.15) is 0 Å². The molecule has 2 heterocycles. The fourth-order valence-corrected chi connectivity index (χ4v) is 4.49. The number of aromatic nitrogens is 1. The van der Waals surface area contributed by atoms with Crippen LogP contribution in [0.3, 0.4) is 0 Å². The van der Waals surface area contributed by atoms with Gasteiger partial charge < -0.3 is 4.90 Å². The molecule has 2 rings (SSSR count). The zero-order valence-electron chi connectivity index (χ0n) is 14.1. The molecule has 0 unspecified atom stereocenters. The molecule has 1 aromatic heterocycles. The topological polar surface area (TPSA) is 67.3 Å². The van der Waals surface area contributed by atoms with Crippen molar-refractivity contribution in [3.63, 3.8) is 0 Å². The zero-order chi connectivity index (χ0) is 17.0. The zero-order valence-corrected chi connectivity index (χ0v) is 14.9. The summed E-state index contributed by atoms with van der Waals surface area (Å²) in [5.74, 6) is 0.990. The minimum Gasteiger partial charge on any atom is -0.334 e. The van der Waals surface area contributed by atoms with Gasteiger partial charge in [-0.15, -0.1) is 0 Å². The maximum Gasteiger partial charge on any atom is 0.223 e. The summed E-state index contributed by atoms with van der Waals surface area (Å²) >= 11 is 0. The van der Waals surface area contributed by atoms with E-state index in [1.807, 2.05) is 12.1 Å². The van der Waals surface area contributed by atoms with Crippen molar-refractivity contribution < 1.29 is 13.2 Å². The number of pyridine rings is 1. The SMILES string of the molecule is CC(C)[C@@H](C)CC(=O)N(Cc1cccnc1)[C@H]1CCS(=O)(=O)C1. The van der Waals surface area contributed by atoms with E-state index in [0.717, 1.165) is 5.56 Å². The molecule has 0 spiro atoms. The second-order valence-corrected chi connectivity index (χ2v) is 9.09. The molecule has 1 aliphatic rings. The Bertz CT molecular complexity index is 628. The van der Waals surface area contributed by atoms with Crippen LogP contribution in [0.2, 0.25) is 0 Å². The van der Waals surface area contributed by atoms with E-state index in [0.29, 0.717) is 25.3 Å². The van der Waals surface area contributed by atoms with E-state index in [9.17, 15) is 13.2 Å². The Morgan fingerprint density at radius 2 is 2.13 bits per heavy atom. The van der Waals surface area contributed by atoms with Crippen molar-refractivity contribution in [3.05, 3.63) is 30.1 Å². The van der Waals surface area contributed by atoms with E-state index in [2.05, 4.69) is 25.8 Å². The first-order chi connectivity index (χ1) is 10.8. The van der Waals surface area contributed by atoms with Crippen molar-refractivity contribution in [3.8, 4) is 0 Å². The van der Waals surface area contributed by atoms with E-state index in [1.54, 1.807) is 17.3 Å². The molecule has 23 heavy (non-hydrogen) atoms. The number of nitrogens with zero attached hydrogens (tertiary/aromatic N) is 2. The van der Waals surface area contributed by atoms with E-state index in [1.165, 1.54) is 0 Å². The van der Waals surface area contributed by atoms with Crippen molar-refractivity contribution in [1.29, 1.82) is 0 Å². The molecular formula is C17H26N2O3S. The first kappa shape index (κ1) is 17.9. The summed E-state index contributed by atoms with van der Waals surface area (Å²) in [7, 11) is -3.02. The lowest BCUT2D eigenvalue weighted by atomic mass is 9.94. The molecule has 0 aromatic carbocycles. The molecule has 1 amide bonds. The van der Waals surface area contributed by atoms with Gasteiger partial charge in [0.2, 0.25) is 5.91 Å². The number of hydrogen-bond acceptors (Lipinski definition) is 4. The average molecular weight is 338 g/mol. The Balaban J connectivity index is 2.16. The fraction of sp³-hybridized carbons (Fsp3) is 0.647.